The van der Waals surface area contributed by atoms with Gasteiger partial charge in [0.25, 0.3) is 5.97 Å². The first kappa shape index (κ1) is 11.3. The summed E-state index contributed by atoms with van der Waals surface area (Å²) >= 11 is 0. The van der Waals surface area contributed by atoms with Crippen LogP contribution in [0.2, 0.25) is 0 Å². The van der Waals surface area contributed by atoms with Gasteiger partial charge in [-0.3, -0.25) is 0 Å². The van der Waals surface area contributed by atoms with Gasteiger partial charge in [-0.1, -0.05) is 6.08 Å². The predicted molar refractivity (Wildman–Crippen MR) is 55.2 cm³/mol. The van der Waals surface area contributed by atoms with Crippen LogP contribution < -0.4 is 0 Å². The molecular formula is C5H16O3Si3. The molecule has 0 radical (unpaired) electrons. The van der Waals surface area contributed by atoms with E-state index in [2.05, 4.69) is 0 Å². The van der Waals surface area contributed by atoms with Gasteiger partial charge in [-0.25, -0.2) is 0 Å². The van der Waals surface area contributed by atoms with Crippen molar-refractivity contribution in [3.63, 3.8) is 0 Å². The van der Waals surface area contributed by atoms with Crippen molar-refractivity contribution in [2.45, 2.75) is 19.8 Å². The van der Waals surface area contributed by atoms with E-state index in [0.717, 1.165) is 5.57 Å². The van der Waals surface area contributed by atoms with Crippen molar-refractivity contribution in [2.24, 2.45) is 0 Å². The zero-order valence-corrected chi connectivity index (χ0v) is 13.8. The minimum Gasteiger partial charge on any atom is -0.378 e. The molecule has 0 spiro atoms. The molecule has 0 aliphatic carbocycles. The average molecular weight is 208 g/mol. The van der Waals surface area contributed by atoms with Crippen LogP contribution in [0.4, 0.5) is 0 Å². The molecule has 0 rings (SSSR count). The Morgan fingerprint density at radius 1 is 1.18 bits per heavy atom. The van der Waals surface area contributed by atoms with Crippen LogP contribution in [0.15, 0.2) is 11.6 Å². The molecule has 0 aliphatic heterocycles. The van der Waals surface area contributed by atoms with E-state index in [0.29, 0.717) is 31.5 Å². The van der Waals surface area contributed by atoms with E-state index < -0.39 is 5.97 Å². The van der Waals surface area contributed by atoms with E-state index in [9.17, 15) is 0 Å². The summed E-state index contributed by atoms with van der Waals surface area (Å²) in [5, 5.41) is 0. The summed E-state index contributed by atoms with van der Waals surface area (Å²) in [6, 6.07) is 0. The van der Waals surface area contributed by atoms with Gasteiger partial charge < -0.3 is 13.3 Å². The number of rotatable bonds is 4. The third-order valence-corrected chi connectivity index (χ3v) is 3.33. The van der Waals surface area contributed by atoms with Gasteiger partial charge in [0, 0.05) is 5.57 Å². The van der Waals surface area contributed by atoms with Crippen LogP contribution in [-0.4, -0.2) is 37.4 Å². The van der Waals surface area contributed by atoms with E-state index in [1.54, 1.807) is 0 Å². The maximum absolute atomic E-state index is 5.28. The quantitative estimate of drug-likeness (QED) is 0.290. The third-order valence-electron chi connectivity index (χ3n) is 1.72. The molecular weight excluding hydrogens is 192 g/mol. The first-order valence-corrected chi connectivity index (χ1v) is 5.90. The van der Waals surface area contributed by atoms with Crippen molar-refractivity contribution >= 4 is 31.5 Å². The minimum atomic E-state index is -0.820. The highest BCUT2D eigenvalue weighted by atomic mass is 28.2. The van der Waals surface area contributed by atoms with Gasteiger partial charge in [0.1, 0.15) is 0 Å². The van der Waals surface area contributed by atoms with Gasteiger partial charge in [0.05, 0.1) is 0 Å². The lowest BCUT2D eigenvalue weighted by molar-refractivity contribution is -0.218. The molecule has 0 aromatic rings. The van der Waals surface area contributed by atoms with Gasteiger partial charge in [-0.05, 0) is 13.8 Å². The van der Waals surface area contributed by atoms with E-state index in [1.807, 2.05) is 19.9 Å². The largest absolute Gasteiger partial charge is 0.378 e. The van der Waals surface area contributed by atoms with Crippen LogP contribution in [0.25, 0.3) is 0 Å². The third kappa shape index (κ3) is 2.36. The fourth-order valence-corrected chi connectivity index (χ4v) is 3.88. The lowest BCUT2D eigenvalue weighted by Crippen LogP contribution is -2.38. The Labute approximate surface area is 76.7 Å². The van der Waals surface area contributed by atoms with Crippen molar-refractivity contribution in [2.75, 3.05) is 0 Å². The molecule has 0 amide bonds. The van der Waals surface area contributed by atoms with Crippen molar-refractivity contribution in [1.82, 2.24) is 0 Å². The molecule has 0 fully saturated rings. The lowest BCUT2D eigenvalue weighted by atomic mass is 10.2. The fourth-order valence-electron chi connectivity index (χ4n) is 0.910. The smallest absolute Gasteiger partial charge is 0.276 e. The van der Waals surface area contributed by atoms with Crippen LogP contribution >= 0.6 is 0 Å². The maximum Gasteiger partial charge on any atom is 0.276 e. The summed E-state index contributed by atoms with van der Waals surface area (Å²) in [5.74, 6) is -0.820. The Kier molecular flexibility index (Phi) is 5.14. The molecule has 0 unspecified atom stereocenters. The van der Waals surface area contributed by atoms with Crippen LogP contribution in [-0.2, 0) is 13.3 Å². The maximum atomic E-state index is 5.28. The van der Waals surface area contributed by atoms with Crippen molar-refractivity contribution in [3.05, 3.63) is 11.6 Å². The first-order valence-electron chi connectivity index (χ1n) is 3.45. The fraction of sp³-hybridized carbons (Fsp3) is 0.600. The highest BCUT2D eigenvalue weighted by Gasteiger charge is 2.28. The van der Waals surface area contributed by atoms with Crippen molar-refractivity contribution in [3.8, 4) is 0 Å². The second-order valence-corrected chi connectivity index (χ2v) is 3.36. The number of hydrogen-bond acceptors (Lipinski definition) is 3. The highest BCUT2D eigenvalue weighted by molar-refractivity contribution is 6.02. The summed E-state index contributed by atoms with van der Waals surface area (Å²) in [6.45, 7) is 3.90. The van der Waals surface area contributed by atoms with E-state index in [1.165, 1.54) is 0 Å². The van der Waals surface area contributed by atoms with Crippen LogP contribution in [0, 0.1) is 0 Å². The Bertz CT molecular complexity index is 136. The molecule has 11 heavy (non-hydrogen) atoms. The van der Waals surface area contributed by atoms with E-state index in [4.69, 9.17) is 13.3 Å². The molecule has 0 aliphatic rings. The molecule has 66 valence electrons. The summed E-state index contributed by atoms with van der Waals surface area (Å²) < 4.78 is 15.9. The zero-order valence-electron chi connectivity index (χ0n) is 7.80. The molecule has 0 aromatic carbocycles. The van der Waals surface area contributed by atoms with Crippen LogP contribution in [0.5, 0.6) is 0 Å². The summed E-state index contributed by atoms with van der Waals surface area (Å²) in [7, 11) is 1.86. The van der Waals surface area contributed by atoms with Crippen LogP contribution in [0.3, 0.4) is 0 Å². The second kappa shape index (κ2) is 5.01. The van der Waals surface area contributed by atoms with Gasteiger partial charge in [0.2, 0.25) is 0 Å². The van der Waals surface area contributed by atoms with Gasteiger partial charge >= 0.3 is 0 Å². The van der Waals surface area contributed by atoms with E-state index in [-0.39, 0.29) is 0 Å². The normalized spacial score (nSPS) is 18.9. The minimum absolute atomic E-state index is 0.621. The Morgan fingerprint density at radius 2 is 1.55 bits per heavy atom. The number of allylic oxidation sites excluding steroid dienone is 1. The molecule has 0 saturated carbocycles. The van der Waals surface area contributed by atoms with Gasteiger partial charge in [-0.15, -0.1) is 0 Å². The summed E-state index contributed by atoms with van der Waals surface area (Å²) in [6.07, 6.45) is 1.95. The average Bonchev–Trinajstić information content (AvgIpc) is 2.08. The zero-order chi connectivity index (χ0) is 8.91. The first-order chi connectivity index (χ1) is 5.16. The van der Waals surface area contributed by atoms with Crippen LogP contribution in [0.1, 0.15) is 13.8 Å². The molecule has 0 bridgehead atoms. The second-order valence-electron chi connectivity index (χ2n) is 2.14. The van der Waals surface area contributed by atoms with Gasteiger partial charge in [0.15, 0.2) is 31.5 Å². The molecule has 0 aromatic heterocycles. The monoisotopic (exact) mass is 208 g/mol. The van der Waals surface area contributed by atoms with Crippen molar-refractivity contribution in [1.29, 1.82) is 0 Å². The topological polar surface area (TPSA) is 27.7 Å². The molecule has 6 heteroatoms. The van der Waals surface area contributed by atoms with E-state index >= 15 is 0 Å². The standard InChI is InChI=1S/C5H16O3Si3/c1-3-4(2)5(6-9,7-10)8-11/h3H,1-2,9-11H3. The SMILES string of the molecule is CC=C(C)C(O[SiH3])(O[SiH3])O[SiH3]. The van der Waals surface area contributed by atoms with Gasteiger partial charge in [-0.2, -0.15) is 0 Å². The Morgan fingerprint density at radius 3 is 1.64 bits per heavy atom. The highest BCUT2D eigenvalue weighted by Crippen LogP contribution is 2.20. The summed E-state index contributed by atoms with van der Waals surface area (Å²) in [5.41, 5.74) is 0.998. The molecule has 0 atom stereocenters. The number of hydrogen-bond donors (Lipinski definition) is 0. The molecule has 0 heterocycles. The molecule has 0 N–H and O–H groups in total. The van der Waals surface area contributed by atoms with Crippen molar-refractivity contribution < 1.29 is 13.3 Å². The Hall–Kier alpha value is 0.271. The molecule has 0 saturated heterocycles. The molecule has 3 nitrogen and oxygen atoms in total. The lowest BCUT2D eigenvalue weighted by Gasteiger charge is -2.31. The Balaban J connectivity index is 4.54. The summed E-state index contributed by atoms with van der Waals surface area (Å²) in [4.78, 5) is 0. The predicted octanol–water partition coefficient (Wildman–Crippen LogP) is -2.50.